The van der Waals surface area contributed by atoms with Gasteiger partial charge in [-0.25, -0.2) is 0 Å². The molecule has 0 radical (unpaired) electrons. The Kier molecular flexibility index (Phi) is 13.9. The number of ether oxygens (including phenoxy) is 1. The van der Waals surface area contributed by atoms with Gasteiger partial charge in [0.25, 0.3) is 0 Å². The van der Waals surface area contributed by atoms with E-state index in [1.165, 1.54) is 64.3 Å². The standard InChI is InChI=1S/C15H33NO/c1-4-5-6-7-9-12-15(2)16-13-10-8-11-14-17-3/h15-16H,4-14H2,1-3H3. The van der Waals surface area contributed by atoms with Crippen molar-refractivity contribution in [2.75, 3.05) is 20.3 Å². The summed E-state index contributed by atoms with van der Waals surface area (Å²) in [6.07, 6.45) is 12.1. The molecule has 0 saturated carbocycles. The summed E-state index contributed by atoms with van der Waals surface area (Å²) in [6, 6.07) is 0.694. The van der Waals surface area contributed by atoms with Gasteiger partial charge < -0.3 is 10.1 Å². The Morgan fingerprint density at radius 2 is 1.65 bits per heavy atom. The minimum Gasteiger partial charge on any atom is -0.385 e. The van der Waals surface area contributed by atoms with Crippen molar-refractivity contribution in [3.05, 3.63) is 0 Å². The molecule has 1 atom stereocenters. The lowest BCUT2D eigenvalue weighted by Gasteiger charge is -2.13. The average Bonchev–Trinajstić information content (AvgIpc) is 2.33. The van der Waals surface area contributed by atoms with Gasteiger partial charge in [0.15, 0.2) is 0 Å². The SMILES string of the molecule is CCCCCCCC(C)NCCCCCOC. The number of methoxy groups -OCH3 is 1. The van der Waals surface area contributed by atoms with Crippen molar-refractivity contribution in [1.29, 1.82) is 0 Å². The molecule has 0 aliphatic heterocycles. The molecule has 17 heavy (non-hydrogen) atoms. The molecule has 0 spiro atoms. The molecule has 0 aromatic carbocycles. The molecule has 0 rings (SSSR count). The number of unbranched alkanes of at least 4 members (excludes halogenated alkanes) is 6. The van der Waals surface area contributed by atoms with Crippen molar-refractivity contribution in [2.24, 2.45) is 0 Å². The van der Waals surface area contributed by atoms with Gasteiger partial charge in [0, 0.05) is 19.8 Å². The minimum absolute atomic E-state index is 0.694. The molecule has 104 valence electrons. The van der Waals surface area contributed by atoms with Crippen molar-refractivity contribution in [3.8, 4) is 0 Å². The Morgan fingerprint density at radius 1 is 0.941 bits per heavy atom. The van der Waals surface area contributed by atoms with E-state index in [1.807, 2.05) is 0 Å². The maximum absolute atomic E-state index is 5.03. The Morgan fingerprint density at radius 3 is 2.35 bits per heavy atom. The first-order valence-corrected chi connectivity index (χ1v) is 7.53. The fraction of sp³-hybridized carbons (Fsp3) is 1.00. The monoisotopic (exact) mass is 243 g/mol. The molecule has 0 bridgehead atoms. The van der Waals surface area contributed by atoms with E-state index in [2.05, 4.69) is 19.2 Å². The van der Waals surface area contributed by atoms with E-state index < -0.39 is 0 Å². The van der Waals surface area contributed by atoms with Gasteiger partial charge in [0.1, 0.15) is 0 Å². The van der Waals surface area contributed by atoms with E-state index in [4.69, 9.17) is 4.74 Å². The zero-order chi connectivity index (χ0) is 12.8. The van der Waals surface area contributed by atoms with Gasteiger partial charge in [-0.3, -0.25) is 0 Å². The number of hydrogen-bond acceptors (Lipinski definition) is 2. The Balaban J connectivity index is 3.09. The summed E-state index contributed by atoms with van der Waals surface area (Å²) in [4.78, 5) is 0. The molecule has 2 nitrogen and oxygen atoms in total. The van der Waals surface area contributed by atoms with Crippen LogP contribution in [0.3, 0.4) is 0 Å². The smallest absolute Gasteiger partial charge is 0.0462 e. The van der Waals surface area contributed by atoms with Gasteiger partial charge in [-0.2, -0.15) is 0 Å². The second-order valence-electron chi connectivity index (χ2n) is 5.11. The lowest BCUT2D eigenvalue weighted by Crippen LogP contribution is -2.26. The van der Waals surface area contributed by atoms with Crippen LogP contribution < -0.4 is 5.32 Å². The van der Waals surface area contributed by atoms with Crippen LogP contribution in [0.1, 0.15) is 71.6 Å². The van der Waals surface area contributed by atoms with Gasteiger partial charge in [-0.05, 0) is 39.2 Å². The predicted molar refractivity (Wildman–Crippen MR) is 76.6 cm³/mol. The molecular formula is C15H33NO. The van der Waals surface area contributed by atoms with Gasteiger partial charge in [-0.15, -0.1) is 0 Å². The zero-order valence-corrected chi connectivity index (χ0v) is 12.3. The summed E-state index contributed by atoms with van der Waals surface area (Å²) < 4.78 is 5.03. The molecule has 0 saturated heterocycles. The molecule has 0 aliphatic carbocycles. The quantitative estimate of drug-likeness (QED) is 0.491. The van der Waals surface area contributed by atoms with E-state index in [1.54, 1.807) is 7.11 Å². The maximum Gasteiger partial charge on any atom is 0.0462 e. The van der Waals surface area contributed by atoms with Gasteiger partial charge in [0.2, 0.25) is 0 Å². The molecule has 2 heteroatoms. The van der Waals surface area contributed by atoms with E-state index in [0.717, 1.165) is 6.61 Å². The highest BCUT2D eigenvalue weighted by Gasteiger charge is 2.00. The first-order valence-electron chi connectivity index (χ1n) is 7.53. The van der Waals surface area contributed by atoms with Crippen LogP contribution in [0.5, 0.6) is 0 Å². The third-order valence-electron chi connectivity index (χ3n) is 3.26. The Bertz CT molecular complexity index is 139. The van der Waals surface area contributed by atoms with Gasteiger partial charge in [0.05, 0.1) is 0 Å². The van der Waals surface area contributed by atoms with Crippen LogP contribution in [0.25, 0.3) is 0 Å². The van der Waals surface area contributed by atoms with E-state index in [9.17, 15) is 0 Å². The fourth-order valence-corrected chi connectivity index (χ4v) is 2.05. The van der Waals surface area contributed by atoms with Crippen LogP contribution in [-0.2, 0) is 4.74 Å². The molecule has 1 unspecified atom stereocenters. The normalized spacial score (nSPS) is 12.9. The molecule has 0 aromatic rings. The van der Waals surface area contributed by atoms with Crippen LogP contribution in [0.2, 0.25) is 0 Å². The number of hydrogen-bond donors (Lipinski definition) is 1. The highest BCUT2D eigenvalue weighted by molar-refractivity contribution is 4.60. The number of nitrogens with one attached hydrogen (secondary N) is 1. The highest BCUT2D eigenvalue weighted by Crippen LogP contribution is 2.07. The van der Waals surface area contributed by atoms with Crippen LogP contribution >= 0.6 is 0 Å². The Labute approximate surface area is 109 Å². The molecule has 0 heterocycles. The fourth-order valence-electron chi connectivity index (χ4n) is 2.05. The van der Waals surface area contributed by atoms with E-state index in [-0.39, 0.29) is 0 Å². The Hall–Kier alpha value is -0.0800. The second-order valence-corrected chi connectivity index (χ2v) is 5.11. The van der Waals surface area contributed by atoms with Crippen LogP contribution in [-0.4, -0.2) is 26.3 Å². The second kappa shape index (κ2) is 14.0. The third-order valence-corrected chi connectivity index (χ3v) is 3.26. The minimum atomic E-state index is 0.694. The van der Waals surface area contributed by atoms with Crippen molar-refractivity contribution in [1.82, 2.24) is 5.32 Å². The van der Waals surface area contributed by atoms with Crippen LogP contribution in [0, 0.1) is 0 Å². The van der Waals surface area contributed by atoms with Crippen LogP contribution in [0.15, 0.2) is 0 Å². The summed E-state index contributed by atoms with van der Waals surface area (Å²) in [5.74, 6) is 0. The van der Waals surface area contributed by atoms with E-state index in [0.29, 0.717) is 6.04 Å². The number of rotatable bonds is 13. The molecule has 0 amide bonds. The van der Waals surface area contributed by atoms with Crippen molar-refractivity contribution in [3.63, 3.8) is 0 Å². The first kappa shape index (κ1) is 16.9. The van der Waals surface area contributed by atoms with Crippen molar-refractivity contribution < 1.29 is 4.74 Å². The first-order chi connectivity index (χ1) is 8.31. The van der Waals surface area contributed by atoms with Crippen molar-refractivity contribution in [2.45, 2.75) is 77.7 Å². The molecule has 0 aliphatic rings. The summed E-state index contributed by atoms with van der Waals surface area (Å²) >= 11 is 0. The summed E-state index contributed by atoms with van der Waals surface area (Å²) in [6.45, 7) is 6.66. The predicted octanol–water partition coefficient (Wildman–Crippen LogP) is 4.14. The van der Waals surface area contributed by atoms with Gasteiger partial charge >= 0.3 is 0 Å². The molecule has 1 N–H and O–H groups in total. The lowest BCUT2D eigenvalue weighted by molar-refractivity contribution is 0.192. The van der Waals surface area contributed by atoms with Crippen molar-refractivity contribution >= 4 is 0 Å². The van der Waals surface area contributed by atoms with Gasteiger partial charge in [-0.1, -0.05) is 39.0 Å². The average molecular weight is 243 g/mol. The largest absolute Gasteiger partial charge is 0.385 e. The summed E-state index contributed by atoms with van der Waals surface area (Å²) in [5, 5.41) is 3.61. The van der Waals surface area contributed by atoms with Crippen LogP contribution in [0.4, 0.5) is 0 Å². The lowest BCUT2D eigenvalue weighted by atomic mass is 10.1. The zero-order valence-electron chi connectivity index (χ0n) is 12.3. The summed E-state index contributed by atoms with van der Waals surface area (Å²) in [5.41, 5.74) is 0. The molecule has 0 fully saturated rings. The summed E-state index contributed by atoms with van der Waals surface area (Å²) in [7, 11) is 1.78. The third kappa shape index (κ3) is 13.9. The molecule has 0 aromatic heterocycles. The van der Waals surface area contributed by atoms with E-state index >= 15 is 0 Å². The molecular weight excluding hydrogens is 210 g/mol. The highest BCUT2D eigenvalue weighted by atomic mass is 16.5. The topological polar surface area (TPSA) is 21.3 Å². The maximum atomic E-state index is 5.03.